The molecule has 4 amide bonds. The molecule has 0 aliphatic rings. The van der Waals surface area contributed by atoms with Crippen molar-refractivity contribution >= 4 is 81.9 Å². The number of hydrogen-bond acceptors (Lipinski definition) is 19. The van der Waals surface area contributed by atoms with Crippen molar-refractivity contribution in [2.45, 2.75) is 62.7 Å². The second-order valence-electron chi connectivity index (χ2n) is 12.7. The van der Waals surface area contributed by atoms with Gasteiger partial charge < -0.3 is 47.0 Å². The molecule has 0 spiro atoms. The summed E-state index contributed by atoms with van der Waals surface area (Å²) in [6.45, 7) is -1.18. The van der Waals surface area contributed by atoms with Crippen LogP contribution in [0, 0.1) is 20.2 Å². The number of hydrogen-bond donors (Lipinski definition) is 11. The van der Waals surface area contributed by atoms with E-state index in [9.17, 15) is 73.3 Å². The number of amides is 4. The summed E-state index contributed by atoms with van der Waals surface area (Å²) in [5.74, 6) is -7.04. The van der Waals surface area contributed by atoms with Crippen LogP contribution >= 0.6 is 40.9 Å². The average Bonchev–Trinajstić information content (AvgIpc) is 3.21. The Morgan fingerprint density at radius 2 is 1.10 bits per heavy atom. The van der Waals surface area contributed by atoms with Gasteiger partial charge in [-0.3, -0.25) is 57.5 Å². The van der Waals surface area contributed by atoms with Crippen LogP contribution in [0.15, 0.2) is 48.5 Å². The Labute approximate surface area is 362 Å². The zero-order valence-corrected chi connectivity index (χ0v) is 36.2. The second-order valence-corrected chi connectivity index (χ2v) is 16.3. The summed E-state index contributed by atoms with van der Waals surface area (Å²) < 4.78 is 45.5. The highest BCUT2D eigenvalue weighted by Gasteiger charge is 2.36. The number of carbonyl (C=O) groups is 5. The number of thiol groups is 2. The number of nitrogens with zero attached hydrogens (tertiary/aromatic N) is 2. The van der Waals surface area contributed by atoms with E-state index in [-0.39, 0.29) is 29.1 Å². The minimum Gasteiger partial charge on any atom is -0.480 e. The molecule has 344 valence electrons. The molecule has 0 aromatic heterocycles. The number of aliphatic hydroxyl groups excluding tert-OH is 1. The fourth-order valence-corrected chi connectivity index (χ4v) is 7.28. The number of rotatable bonds is 27. The van der Waals surface area contributed by atoms with Gasteiger partial charge in [0.25, 0.3) is 11.4 Å². The van der Waals surface area contributed by atoms with Gasteiger partial charge in [-0.1, -0.05) is 24.3 Å². The third kappa shape index (κ3) is 16.9. The number of carbonyl (C=O) groups excluding carboxylic acids is 4. The van der Waals surface area contributed by atoms with Crippen molar-refractivity contribution in [3.63, 3.8) is 0 Å². The van der Waals surface area contributed by atoms with Crippen molar-refractivity contribution in [1.82, 2.24) is 21.3 Å². The monoisotopic (exact) mass is 957 g/mol. The lowest BCUT2D eigenvalue weighted by molar-refractivity contribution is -0.386. The number of aliphatic hydroxyl groups is 1. The highest BCUT2D eigenvalue weighted by Crippen LogP contribution is 2.50. The van der Waals surface area contributed by atoms with Gasteiger partial charge in [0.05, 0.1) is 59.0 Å². The number of benzene rings is 2. The summed E-state index contributed by atoms with van der Waals surface area (Å²) in [4.78, 5) is 107. The van der Waals surface area contributed by atoms with Crippen LogP contribution in [0.25, 0.3) is 0 Å². The molecule has 0 aliphatic heterocycles. The topological polar surface area (TPSA) is 398 Å². The third-order valence-corrected chi connectivity index (χ3v) is 10.9. The highest BCUT2D eigenvalue weighted by atomic mass is 32.1. The summed E-state index contributed by atoms with van der Waals surface area (Å²) in [5, 5.41) is 50.7. The van der Waals surface area contributed by atoms with Crippen molar-refractivity contribution in [3.05, 3.63) is 79.9 Å². The first-order valence-electron chi connectivity index (χ1n) is 17.8. The van der Waals surface area contributed by atoms with E-state index in [0.29, 0.717) is 0 Å². The number of carboxylic acid groups (broad SMARTS) is 1. The van der Waals surface area contributed by atoms with E-state index in [0.717, 1.165) is 12.1 Å². The molecule has 26 nitrogen and oxygen atoms in total. The van der Waals surface area contributed by atoms with Crippen LogP contribution in [0.5, 0.6) is 0 Å². The molecule has 2 aromatic rings. The van der Waals surface area contributed by atoms with Crippen molar-refractivity contribution < 1.29 is 81.0 Å². The Morgan fingerprint density at radius 1 is 0.710 bits per heavy atom. The average molecular weight is 958 g/mol. The van der Waals surface area contributed by atoms with E-state index in [1.807, 2.05) is 5.32 Å². The molecule has 62 heavy (non-hydrogen) atoms. The molecular weight excluding hydrogens is 912 g/mol. The summed E-state index contributed by atoms with van der Waals surface area (Å²) in [6.07, 6.45) is -3.25. The molecule has 9 atom stereocenters. The minimum absolute atomic E-state index is 0.125. The van der Waals surface area contributed by atoms with Crippen LogP contribution in [0.2, 0.25) is 0 Å². The Bertz CT molecular complexity index is 2040. The third-order valence-electron chi connectivity index (χ3n) is 8.18. The highest BCUT2D eigenvalue weighted by molar-refractivity contribution is 7.80. The number of carboxylic acids is 1. The normalized spacial score (nSPS) is 16.6. The van der Waals surface area contributed by atoms with Crippen molar-refractivity contribution in [3.8, 4) is 0 Å². The van der Waals surface area contributed by atoms with E-state index in [1.165, 1.54) is 50.2 Å². The number of para-hydroxylation sites is 2. The number of aliphatic carboxylic acids is 1. The van der Waals surface area contributed by atoms with E-state index in [1.54, 1.807) is 0 Å². The maximum absolute atomic E-state index is 13.7. The summed E-state index contributed by atoms with van der Waals surface area (Å²) in [6, 6.07) is 1.17. The molecule has 0 bridgehead atoms. The lowest BCUT2D eigenvalue weighted by Gasteiger charge is -2.26. The van der Waals surface area contributed by atoms with Gasteiger partial charge in [0.2, 0.25) is 23.6 Å². The maximum atomic E-state index is 13.7. The number of nitro groups is 2. The Kier molecular flexibility index (Phi) is 21.5. The standard InChI is InChI=1S/C32H45N7O19P2S2/c1-17(19-7-3-5-9-26(19)38(47)48)57-59(51,52)55-14-24(36-30(43)23(13-40)35-28(41)21(33)16-62)31(44)34-22(11-12-61)29(42)37-25(32(45)46)15-56-60(53,54)58-18(2)20-8-4-6-10-27(20)39(49)50/h3-10,17-18,21-25,40,61-62H,11-16,33H2,1-2H3,(H,34,44)(H,35,41)(H,36,43)(H,37,42)(H,45,46)(H,51,52)(H,53,54)/t17?,18?,21-,22-,23-,24-,25-/m0/s1. The first-order chi connectivity index (χ1) is 29.0. The fourth-order valence-electron chi connectivity index (χ4n) is 5.03. The van der Waals surface area contributed by atoms with Crippen LogP contribution in [-0.4, -0.2) is 121 Å². The molecule has 30 heteroatoms. The lowest BCUT2D eigenvalue weighted by atomic mass is 10.1. The zero-order valence-electron chi connectivity index (χ0n) is 32.6. The largest absolute Gasteiger partial charge is 0.480 e. The molecule has 10 N–H and O–H groups in total. The van der Waals surface area contributed by atoms with Crippen molar-refractivity contribution in [1.29, 1.82) is 0 Å². The lowest BCUT2D eigenvalue weighted by Crippen LogP contribution is -2.60. The molecule has 0 saturated heterocycles. The SMILES string of the molecule is CC(OP(=O)(O)OC[C@H](NC(=O)[C@H](CCS)NC(=O)[C@H](COP(=O)(O)OC(C)c1ccccc1[N+](=O)[O-])NC(=O)[C@H](CO)NC(=O)[C@@H](N)CS)C(=O)O)c1ccccc1[N+](=O)[O-]. The van der Waals surface area contributed by atoms with Gasteiger partial charge in [0.1, 0.15) is 18.1 Å². The summed E-state index contributed by atoms with van der Waals surface area (Å²) in [5.41, 5.74) is 4.39. The van der Waals surface area contributed by atoms with E-state index in [4.69, 9.17) is 23.8 Å². The molecule has 0 aliphatic carbocycles. The minimum atomic E-state index is -5.27. The Balaban J connectivity index is 2.31. The Hall–Kier alpha value is -4.57. The summed E-state index contributed by atoms with van der Waals surface area (Å²) in [7, 11) is -10.5. The van der Waals surface area contributed by atoms with Crippen LogP contribution in [0.3, 0.4) is 0 Å². The van der Waals surface area contributed by atoms with Crippen LogP contribution in [0.1, 0.15) is 43.6 Å². The van der Waals surface area contributed by atoms with Gasteiger partial charge >= 0.3 is 21.6 Å². The predicted octanol–water partition coefficient (Wildman–Crippen LogP) is 0.186. The Morgan fingerprint density at radius 3 is 1.52 bits per heavy atom. The quantitative estimate of drug-likeness (QED) is 0.0246. The molecular formula is C32H45N7O19P2S2. The van der Waals surface area contributed by atoms with Crippen LogP contribution < -0.4 is 27.0 Å². The van der Waals surface area contributed by atoms with Crippen molar-refractivity contribution in [2.75, 3.05) is 31.3 Å². The molecule has 0 saturated carbocycles. The van der Waals surface area contributed by atoms with Gasteiger partial charge in [-0.05, 0) is 38.2 Å². The van der Waals surface area contributed by atoms with Gasteiger partial charge in [-0.15, -0.1) is 0 Å². The molecule has 4 unspecified atom stereocenters. The molecule has 2 aromatic carbocycles. The van der Waals surface area contributed by atoms with Crippen LogP contribution in [0.4, 0.5) is 11.4 Å². The number of phosphoric ester groups is 2. The smallest absolute Gasteiger partial charge is 0.472 e. The van der Waals surface area contributed by atoms with Gasteiger partial charge in [-0.25, -0.2) is 13.9 Å². The number of nitrogens with one attached hydrogen (secondary N) is 4. The molecule has 0 radical (unpaired) electrons. The fraction of sp³-hybridized carbons (Fsp3) is 0.469. The maximum Gasteiger partial charge on any atom is 0.472 e. The molecule has 0 fully saturated rings. The van der Waals surface area contributed by atoms with E-state index in [2.05, 4.69) is 41.2 Å². The van der Waals surface area contributed by atoms with Gasteiger partial charge in [0.15, 0.2) is 6.04 Å². The second kappa shape index (κ2) is 24.9. The zero-order chi connectivity index (χ0) is 46.9. The number of nitro benzene ring substituents is 2. The first kappa shape index (κ1) is 53.6. The molecule has 2 rings (SSSR count). The van der Waals surface area contributed by atoms with Gasteiger partial charge in [0, 0.05) is 17.9 Å². The number of phosphoric acid groups is 2. The van der Waals surface area contributed by atoms with Gasteiger partial charge in [-0.2, -0.15) is 25.3 Å². The van der Waals surface area contributed by atoms with E-state index >= 15 is 0 Å². The van der Waals surface area contributed by atoms with E-state index < -0.39 is 129 Å². The molecule has 0 heterocycles. The predicted molar refractivity (Wildman–Crippen MR) is 219 cm³/mol. The summed E-state index contributed by atoms with van der Waals surface area (Å²) >= 11 is 7.90. The number of nitrogens with two attached hydrogens (primary N) is 1. The van der Waals surface area contributed by atoms with Crippen LogP contribution in [-0.2, 0) is 51.2 Å². The first-order valence-corrected chi connectivity index (χ1v) is 22.0. The van der Waals surface area contributed by atoms with Crippen molar-refractivity contribution in [2.24, 2.45) is 5.73 Å².